The van der Waals surface area contributed by atoms with Crippen molar-refractivity contribution in [1.82, 2.24) is 5.32 Å². The Kier molecular flexibility index (Phi) is 7.51. The van der Waals surface area contributed by atoms with E-state index in [1.54, 1.807) is 6.92 Å². The normalized spacial score (nSPS) is 13.3. The molecule has 2 unspecified atom stereocenters. The first-order chi connectivity index (χ1) is 8.45. The van der Waals surface area contributed by atoms with E-state index in [2.05, 4.69) is 5.32 Å². The number of benzene rings is 1. The van der Waals surface area contributed by atoms with Gasteiger partial charge >= 0.3 is 0 Å². The number of rotatable bonds is 5. The molecule has 1 amide bonds. The molecule has 0 aliphatic heterocycles. The number of carbonyl (C=O) groups is 1. The number of ether oxygens (including phenoxy) is 1. The largest absolute Gasteiger partial charge is 0.383 e. The van der Waals surface area contributed by atoms with Gasteiger partial charge < -0.3 is 15.8 Å². The summed E-state index contributed by atoms with van der Waals surface area (Å²) >= 11 is 0. The van der Waals surface area contributed by atoms with Crippen molar-refractivity contribution in [3.8, 4) is 0 Å². The van der Waals surface area contributed by atoms with E-state index in [4.69, 9.17) is 10.5 Å². The topological polar surface area (TPSA) is 64.3 Å². The van der Waals surface area contributed by atoms with Gasteiger partial charge in [0, 0.05) is 7.11 Å². The van der Waals surface area contributed by atoms with Gasteiger partial charge in [-0.2, -0.15) is 0 Å². The molecule has 1 rings (SSSR count). The Morgan fingerprint density at radius 3 is 2.58 bits per heavy atom. The van der Waals surface area contributed by atoms with Crippen LogP contribution in [-0.2, 0) is 9.53 Å². The van der Waals surface area contributed by atoms with Crippen LogP contribution in [0.5, 0.6) is 0 Å². The standard InChI is InChI=1S/C12H16F2N2O2.ClH/c1-7(16-12(17)11(15)6-18-2)8-3-4-9(13)10(14)5-8;/h3-5,7,11H,6,15H2,1-2H3,(H,16,17);1H. The fourth-order valence-corrected chi connectivity index (χ4v) is 1.44. The predicted octanol–water partition coefficient (Wildman–Crippen LogP) is 1.54. The summed E-state index contributed by atoms with van der Waals surface area (Å²) in [4.78, 5) is 11.6. The van der Waals surface area contributed by atoms with Crippen molar-refractivity contribution in [3.05, 3.63) is 35.4 Å². The lowest BCUT2D eigenvalue weighted by atomic mass is 10.1. The first-order valence-corrected chi connectivity index (χ1v) is 5.45. The van der Waals surface area contributed by atoms with Gasteiger partial charge in [0.15, 0.2) is 11.6 Å². The number of nitrogens with two attached hydrogens (primary N) is 1. The van der Waals surface area contributed by atoms with E-state index in [1.165, 1.54) is 13.2 Å². The van der Waals surface area contributed by atoms with Crippen molar-refractivity contribution in [1.29, 1.82) is 0 Å². The lowest BCUT2D eigenvalue weighted by Crippen LogP contribution is -2.44. The van der Waals surface area contributed by atoms with Crippen molar-refractivity contribution in [2.45, 2.75) is 19.0 Å². The molecule has 108 valence electrons. The Morgan fingerprint density at radius 1 is 1.42 bits per heavy atom. The first-order valence-electron chi connectivity index (χ1n) is 5.45. The van der Waals surface area contributed by atoms with Crippen LogP contribution in [0.2, 0.25) is 0 Å². The zero-order valence-electron chi connectivity index (χ0n) is 10.7. The lowest BCUT2D eigenvalue weighted by molar-refractivity contribution is -0.124. The maximum Gasteiger partial charge on any atom is 0.239 e. The van der Waals surface area contributed by atoms with Crippen molar-refractivity contribution in [2.24, 2.45) is 5.73 Å². The second kappa shape index (κ2) is 8.04. The summed E-state index contributed by atoms with van der Waals surface area (Å²) < 4.78 is 30.5. The number of methoxy groups -OCH3 is 1. The van der Waals surface area contributed by atoms with Crippen molar-refractivity contribution in [3.63, 3.8) is 0 Å². The molecule has 0 saturated carbocycles. The molecule has 1 aromatic rings. The fraction of sp³-hybridized carbons (Fsp3) is 0.417. The molecule has 0 aliphatic rings. The molecular formula is C12H17ClF2N2O2. The Labute approximate surface area is 116 Å². The van der Waals surface area contributed by atoms with Crippen LogP contribution in [0.25, 0.3) is 0 Å². The number of hydrogen-bond donors (Lipinski definition) is 2. The van der Waals surface area contributed by atoms with Gasteiger partial charge in [-0.25, -0.2) is 8.78 Å². The van der Waals surface area contributed by atoms with E-state index in [0.29, 0.717) is 5.56 Å². The van der Waals surface area contributed by atoms with Crippen molar-refractivity contribution in [2.75, 3.05) is 13.7 Å². The zero-order valence-corrected chi connectivity index (χ0v) is 11.5. The van der Waals surface area contributed by atoms with E-state index in [9.17, 15) is 13.6 Å². The molecule has 3 N–H and O–H groups in total. The molecule has 7 heteroatoms. The van der Waals surface area contributed by atoms with E-state index >= 15 is 0 Å². The average Bonchev–Trinajstić information content (AvgIpc) is 2.32. The van der Waals surface area contributed by atoms with Crippen molar-refractivity contribution >= 4 is 18.3 Å². The minimum Gasteiger partial charge on any atom is -0.383 e. The molecule has 0 radical (unpaired) electrons. The molecule has 1 aromatic carbocycles. The molecule has 0 heterocycles. The quantitative estimate of drug-likeness (QED) is 0.866. The maximum absolute atomic E-state index is 13.0. The molecular weight excluding hydrogens is 278 g/mol. The third kappa shape index (κ3) is 5.10. The Bertz CT molecular complexity index is 432. The lowest BCUT2D eigenvalue weighted by Gasteiger charge is -2.17. The van der Waals surface area contributed by atoms with Crippen LogP contribution in [0.15, 0.2) is 18.2 Å². The molecule has 0 aromatic heterocycles. The van der Waals surface area contributed by atoms with Crippen LogP contribution in [-0.4, -0.2) is 25.7 Å². The third-order valence-electron chi connectivity index (χ3n) is 2.49. The maximum atomic E-state index is 13.0. The second-order valence-corrected chi connectivity index (χ2v) is 3.97. The Morgan fingerprint density at radius 2 is 2.05 bits per heavy atom. The van der Waals surface area contributed by atoms with Crippen LogP contribution in [0, 0.1) is 11.6 Å². The molecule has 0 aliphatic carbocycles. The van der Waals surface area contributed by atoms with Gasteiger partial charge in [0.25, 0.3) is 0 Å². The molecule has 0 spiro atoms. The van der Waals surface area contributed by atoms with Gasteiger partial charge in [-0.15, -0.1) is 12.4 Å². The molecule has 0 fully saturated rings. The summed E-state index contributed by atoms with van der Waals surface area (Å²) in [6, 6.07) is 2.22. The molecule has 2 atom stereocenters. The van der Waals surface area contributed by atoms with E-state index in [-0.39, 0.29) is 19.0 Å². The summed E-state index contributed by atoms with van der Waals surface area (Å²) in [6.07, 6.45) is 0. The molecule has 0 saturated heterocycles. The summed E-state index contributed by atoms with van der Waals surface area (Å²) in [5.41, 5.74) is 6.00. The smallest absolute Gasteiger partial charge is 0.239 e. The van der Waals surface area contributed by atoms with Gasteiger partial charge in [-0.05, 0) is 24.6 Å². The molecule has 19 heavy (non-hydrogen) atoms. The highest BCUT2D eigenvalue weighted by Gasteiger charge is 2.17. The monoisotopic (exact) mass is 294 g/mol. The van der Waals surface area contributed by atoms with E-state index < -0.39 is 29.6 Å². The third-order valence-corrected chi connectivity index (χ3v) is 2.49. The zero-order chi connectivity index (χ0) is 13.7. The first kappa shape index (κ1) is 17.8. The summed E-state index contributed by atoms with van der Waals surface area (Å²) in [5.74, 6) is -2.28. The SMILES string of the molecule is COCC(N)C(=O)NC(C)c1ccc(F)c(F)c1.Cl. The Balaban J connectivity index is 0.00000324. The number of hydrogen-bond acceptors (Lipinski definition) is 3. The van der Waals surface area contributed by atoms with Crippen LogP contribution < -0.4 is 11.1 Å². The van der Waals surface area contributed by atoms with E-state index in [1.807, 2.05) is 0 Å². The van der Waals surface area contributed by atoms with Gasteiger partial charge in [-0.3, -0.25) is 4.79 Å². The number of amides is 1. The predicted molar refractivity (Wildman–Crippen MR) is 70.0 cm³/mol. The van der Waals surface area contributed by atoms with Gasteiger partial charge in [0.2, 0.25) is 5.91 Å². The van der Waals surface area contributed by atoms with Crippen molar-refractivity contribution < 1.29 is 18.3 Å². The molecule has 4 nitrogen and oxygen atoms in total. The van der Waals surface area contributed by atoms with Gasteiger partial charge in [-0.1, -0.05) is 6.07 Å². The minimum absolute atomic E-state index is 0. The van der Waals surface area contributed by atoms with Gasteiger partial charge in [0.05, 0.1) is 12.6 Å². The number of halogens is 3. The highest BCUT2D eigenvalue weighted by Crippen LogP contribution is 2.15. The summed E-state index contributed by atoms with van der Waals surface area (Å²) in [5, 5.41) is 2.59. The number of nitrogens with one attached hydrogen (secondary N) is 1. The minimum atomic E-state index is -0.949. The number of carbonyl (C=O) groups excluding carboxylic acids is 1. The summed E-state index contributed by atoms with van der Waals surface area (Å²) in [6.45, 7) is 1.75. The Hall–Kier alpha value is -1.24. The average molecular weight is 295 g/mol. The van der Waals surface area contributed by atoms with Crippen LogP contribution >= 0.6 is 12.4 Å². The van der Waals surface area contributed by atoms with Crippen LogP contribution in [0.4, 0.5) is 8.78 Å². The summed E-state index contributed by atoms with van der Waals surface area (Å²) in [7, 11) is 1.44. The molecule has 0 bridgehead atoms. The fourth-order valence-electron chi connectivity index (χ4n) is 1.44. The second-order valence-electron chi connectivity index (χ2n) is 3.97. The highest BCUT2D eigenvalue weighted by atomic mass is 35.5. The van der Waals surface area contributed by atoms with E-state index in [0.717, 1.165) is 12.1 Å². The van der Waals surface area contributed by atoms with Gasteiger partial charge in [0.1, 0.15) is 6.04 Å². The van der Waals surface area contributed by atoms with Crippen LogP contribution in [0.3, 0.4) is 0 Å². The highest BCUT2D eigenvalue weighted by molar-refractivity contribution is 5.85. The van der Waals surface area contributed by atoms with Crippen LogP contribution in [0.1, 0.15) is 18.5 Å².